The number of aryl methyl sites for hydroxylation is 3. The second-order valence-corrected chi connectivity index (χ2v) is 5.70. The van der Waals surface area contributed by atoms with Crippen molar-refractivity contribution in [2.75, 3.05) is 0 Å². The van der Waals surface area contributed by atoms with Gasteiger partial charge in [0.1, 0.15) is 6.54 Å². The van der Waals surface area contributed by atoms with Gasteiger partial charge in [0.05, 0.1) is 0 Å². The molecule has 5 nitrogen and oxygen atoms in total. The molecule has 0 spiro atoms. The third-order valence-corrected chi connectivity index (χ3v) is 3.82. The number of benzene rings is 2. The van der Waals surface area contributed by atoms with E-state index >= 15 is 0 Å². The number of nitrogens with zero attached hydrogens (tertiary/aromatic N) is 4. The van der Waals surface area contributed by atoms with E-state index in [4.69, 9.17) is 0 Å². The Morgan fingerprint density at radius 1 is 1.04 bits per heavy atom. The molecule has 3 aromatic rings. The summed E-state index contributed by atoms with van der Waals surface area (Å²) >= 11 is 0. The summed E-state index contributed by atoms with van der Waals surface area (Å²) in [5.74, 6) is 0.525. The summed E-state index contributed by atoms with van der Waals surface area (Å²) in [6, 6.07) is 13.7. The first-order chi connectivity index (χ1) is 11.0. The second kappa shape index (κ2) is 6.12. The fraction of sp³-hybridized carbons (Fsp3) is 0.222. The molecule has 0 saturated carbocycles. The van der Waals surface area contributed by atoms with Gasteiger partial charge in [0, 0.05) is 11.1 Å². The number of carbonyl (C=O) groups is 1. The van der Waals surface area contributed by atoms with Gasteiger partial charge in [-0.2, -0.15) is 4.80 Å². The molecule has 0 fully saturated rings. The van der Waals surface area contributed by atoms with Crippen molar-refractivity contribution in [2.24, 2.45) is 0 Å². The standard InChI is InChI=1S/C18H18N4O/c1-12-8-9-14(3)16(10-12)17(23)11-22-20-18(19-21-22)15-7-5-4-6-13(15)2/h4-10H,11H2,1-3H3. The van der Waals surface area contributed by atoms with Crippen LogP contribution in [-0.4, -0.2) is 26.0 Å². The zero-order valence-corrected chi connectivity index (χ0v) is 13.4. The number of tetrazole rings is 1. The fourth-order valence-electron chi connectivity index (χ4n) is 2.49. The molecule has 0 saturated heterocycles. The summed E-state index contributed by atoms with van der Waals surface area (Å²) in [4.78, 5) is 13.8. The molecular formula is C18H18N4O. The molecule has 0 amide bonds. The van der Waals surface area contributed by atoms with Gasteiger partial charge in [-0.05, 0) is 43.2 Å². The average molecular weight is 306 g/mol. The SMILES string of the molecule is Cc1ccc(C)c(C(=O)Cn2nnc(-c3ccccc3C)n2)c1. The van der Waals surface area contributed by atoms with Crippen LogP contribution >= 0.6 is 0 Å². The highest BCUT2D eigenvalue weighted by atomic mass is 16.1. The van der Waals surface area contributed by atoms with E-state index in [1.54, 1.807) is 0 Å². The molecule has 0 atom stereocenters. The van der Waals surface area contributed by atoms with Crippen LogP contribution in [0.15, 0.2) is 42.5 Å². The van der Waals surface area contributed by atoms with Crippen LogP contribution in [0.3, 0.4) is 0 Å². The molecule has 0 unspecified atom stereocenters. The van der Waals surface area contributed by atoms with E-state index in [1.165, 1.54) is 4.80 Å². The van der Waals surface area contributed by atoms with Crippen LogP contribution in [-0.2, 0) is 6.54 Å². The maximum atomic E-state index is 12.5. The van der Waals surface area contributed by atoms with Gasteiger partial charge in [-0.3, -0.25) is 4.79 Å². The fourth-order valence-corrected chi connectivity index (χ4v) is 2.49. The average Bonchev–Trinajstić information content (AvgIpc) is 2.98. The Labute approximate surface area is 135 Å². The Balaban J connectivity index is 1.83. The first-order valence-electron chi connectivity index (χ1n) is 7.49. The van der Waals surface area contributed by atoms with E-state index in [9.17, 15) is 4.79 Å². The van der Waals surface area contributed by atoms with E-state index in [-0.39, 0.29) is 12.3 Å². The predicted molar refractivity (Wildman–Crippen MR) is 88.2 cm³/mol. The summed E-state index contributed by atoms with van der Waals surface area (Å²) in [5.41, 5.74) is 4.73. The molecule has 3 rings (SSSR count). The second-order valence-electron chi connectivity index (χ2n) is 5.70. The van der Waals surface area contributed by atoms with E-state index in [0.717, 1.165) is 22.3 Å². The van der Waals surface area contributed by atoms with Gasteiger partial charge in [0.25, 0.3) is 0 Å². The zero-order chi connectivity index (χ0) is 16.4. The van der Waals surface area contributed by atoms with Gasteiger partial charge in [0.2, 0.25) is 5.82 Å². The Morgan fingerprint density at radius 2 is 1.83 bits per heavy atom. The molecular weight excluding hydrogens is 288 g/mol. The van der Waals surface area contributed by atoms with Gasteiger partial charge >= 0.3 is 0 Å². The number of rotatable bonds is 4. The minimum absolute atomic E-state index is 0.0140. The third kappa shape index (κ3) is 3.18. The van der Waals surface area contributed by atoms with Gasteiger partial charge < -0.3 is 0 Å². The molecule has 0 bridgehead atoms. The van der Waals surface area contributed by atoms with Gasteiger partial charge in [-0.15, -0.1) is 10.2 Å². The Hall–Kier alpha value is -2.82. The first kappa shape index (κ1) is 15.1. The molecule has 0 aliphatic rings. The summed E-state index contributed by atoms with van der Waals surface area (Å²) in [6.07, 6.45) is 0. The Morgan fingerprint density at radius 3 is 2.61 bits per heavy atom. The number of hydrogen-bond acceptors (Lipinski definition) is 4. The van der Waals surface area contributed by atoms with E-state index in [0.29, 0.717) is 11.4 Å². The lowest BCUT2D eigenvalue weighted by atomic mass is 10.0. The molecule has 1 aromatic heterocycles. The minimum atomic E-state index is -0.0140. The molecule has 116 valence electrons. The van der Waals surface area contributed by atoms with Gasteiger partial charge in [-0.25, -0.2) is 0 Å². The number of ketones is 1. The lowest BCUT2D eigenvalue weighted by Gasteiger charge is -2.05. The van der Waals surface area contributed by atoms with Crippen molar-refractivity contribution in [2.45, 2.75) is 27.3 Å². The van der Waals surface area contributed by atoms with Crippen molar-refractivity contribution in [1.29, 1.82) is 0 Å². The van der Waals surface area contributed by atoms with Crippen molar-refractivity contribution in [3.8, 4) is 11.4 Å². The number of aromatic nitrogens is 4. The summed E-state index contributed by atoms with van der Waals surface area (Å²) in [6.45, 7) is 5.99. The molecule has 1 heterocycles. The highest BCUT2D eigenvalue weighted by molar-refractivity contribution is 5.97. The molecule has 0 N–H and O–H groups in total. The summed E-state index contributed by atoms with van der Waals surface area (Å²) in [5, 5.41) is 12.4. The molecule has 0 aliphatic heterocycles. The summed E-state index contributed by atoms with van der Waals surface area (Å²) in [7, 11) is 0. The monoisotopic (exact) mass is 306 g/mol. The smallest absolute Gasteiger partial charge is 0.205 e. The Kier molecular flexibility index (Phi) is 4.02. The van der Waals surface area contributed by atoms with Crippen LogP contribution < -0.4 is 0 Å². The Bertz CT molecular complexity index is 867. The molecule has 0 radical (unpaired) electrons. The highest BCUT2D eigenvalue weighted by Crippen LogP contribution is 2.18. The lowest BCUT2D eigenvalue weighted by Crippen LogP contribution is -2.14. The van der Waals surface area contributed by atoms with Crippen molar-refractivity contribution >= 4 is 5.78 Å². The van der Waals surface area contributed by atoms with Crippen molar-refractivity contribution < 1.29 is 4.79 Å². The lowest BCUT2D eigenvalue weighted by molar-refractivity contribution is 0.0960. The number of carbonyl (C=O) groups excluding carboxylic acids is 1. The van der Waals surface area contributed by atoms with Crippen LogP contribution in [0.25, 0.3) is 11.4 Å². The van der Waals surface area contributed by atoms with Crippen LogP contribution in [0.2, 0.25) is 0 Å². The predicted octanol–water partition coefficient (Wildman–Crippen LogP) is 3.15. The van der Waals surface area contributed by atoms with Crippen LogP contribution in [0.4, 0.5) is 0 Å². The number of hydrogen-bond donors (Lipinski definition) is 0. The van der Waals surface area contributed by atoms with Crippen molar-refractivity contribution in [1.82, 2.24) is 20.2 Å². The maximum absolute atomic E-state index is 12.5. The normalized spacial score (nSPS) is 10.7. The van der Waals surface area contributed by atoms with E-state index in [1.807, 2.05) is 63.2 Å². The van der Waals surface area contributed by atoms with Crippen LogP contribution in [0.1, 0.15) is 27.0 Å². The third-order valence-electron chi connectivity index (χ3n) is 3.82. The van der Waals surface area contributed by atoms with Crippen LogP contribution in [0, 0.1) is 20.8 Å². The maximum Gasteiger partial charge on any atom is 0.205 e. The summed E-state index contributed by atoms with van der Waals surface area (Å²) < 4.78 is 0. The topological polar surface area (TPSA) is 60.7 Å². The van der Waals surface area contributed by atoms with Crippen molar-refractivity contribution in [3.05, 3.63) is 64.7 Å². The molecule has 23 heavy (non-hydrogen) atoms. The van der Waals surface area contributed by atoms with E-state index in [2.05, 4.69) is 15.4 Å². The highest BCUT2D eigenvalue weighted by Gasteiger charge is 2.14. The number of Topliss-reactive ketones (excluding diaryl/α,β-unsaturated/α-hetero) is 1. The van der Waals surface area contributed by atoms with E-state index < -0.39 is 0 Å². The zero-order valence-electron chi connectivity index (χ0n) is 13.4. The molecule has 5 heteroatoms. The van der Waals surface area contributed by atoms with Gasteiger partial charge in [0.15, 0.2) is 5.78 Å². The quantitative estimate of drug-likeness (QED) is 0.695. The molecule has 0 aliphatic carbocycles. The first-order valence-corrected chi connectivity index (χ1v) is 7.49. The van der Waals surface area contributed by atoms with Gasteiger partial charge in [-0.1, -0.05) is 42.0 Å². The van der Waals surface area contributed by atoms with Crippen molar-refractivity contribution in [3.63, 3.8) is 0 Å². The van der Waals surface area contributed by atoms with Crippen LogP contribution in [0.5, 0.6) is 0 Å². The largest absolute Gasteiger partial charge is 0.292 e. The molecule has 2 aromatic carbocycles. The minimum Gasteiger partial charge on any atom is -0.292 e.